The van der Waals surface area contributed by atoms with E-state index in [1.54, 1.807) is 24.4 Å². The Morgan fingerprint density at radius 3 is 2.65 bits per heavy atom. The number of halogens is 3. The number of benzene rings is 1. The molecule has 1 fully saturated rings. The van der Waals surface area contributed by atoms with E-state index >= 15 is 0 Å². The molecular weight excluding hydrogens is 420 g/mol. The minimum absolute atomic E-state index is 0.0745. The molecule has 4 N–H and O–H groups in total. The number of nitrogens with two attached hydrogens (primary N) is 1. The van der Waals surface area contributed by atoms with Gasteiger partial charge in [-0.3, -0.25) is 0 Å². The summed E-state index contributed by atoms with van der Waals surface area (Å²) in [6.45, 7) is 0.242. The molecule has 1 aliphatic carbocycles. The van der Waals surface area contributed by atoms with Crippen molar-refractivity contribution in [3.05, 3.63) is 70.9 Å². The van der Waals surface area contributed by atoms with E-state index in [0.717, 1.165) is 25.7 Å². The van der Waals surface area contributed by atoms with Gasteiger partial charge >= 0.3 is 0 Å². The van der Waals surface area contributed by atoms with Gasteiger partial charge in [-0.15, -0.1) is 0 Å². The molecule has 1 aromatic carbocycles. The molecule has 0 saturated heterocycles. The highest BCUT2D eigenvalue weighted by Crippen LogP contribution is 2.30. The van der Waals surface area contributed by atoms with Gasteiger partial charge in [0.1, 0.15) is 11.6 Å². The van der Waals surface area contributed by atoms with Crippen molar-refractivity contribution < 1.29 is 8.78 Å². The predicted molar refractivity (Wildman–Crippen MR) is 120 cm³/mol. The summed E-state index contributed by atoms with van der Waals surface area (Å²) in [5, 5.41) is 6.79. The molecule has 1 aliphatic rings. The number of nitrogens with zero attached hydrogens (tertiary/aromatic N) is 2. The van der Waals surface area contributed by atoms with Crippen LogP contribution in [-0.2, 0) is 6.54 Å². The topological polar surface area (TPSA) is 75.9 Å². The zero-order valence-corrected chi connectivity index (χ0v) is 17.7. The minimum Gasteiger partial charge on any atom is -0.367 e. The minimum atomic E-state index is -0.498. The fourth-order valence-electron chi connectivity index (χ4n) is 3.74. The largest absolute Gasteiger partial charge is 0.367 e. The molecule has 0 atom stereocenters. The lowest BCUT2D eigenvalue weighted by Gasteiger charge is -2.27. The number of aromatic nitrogens is 2. The SMILES string of the molecule is N[C@H]1CC[C@H](Nc2cc(-c3ccc(F)c(NCc4cccc(F)c4)n3)c(Cl)cn2)CC1. The van der Waals surface area contributed by atoms with Gasteiger partial charge in [-0.05, 0) is 61.6 Å². The summed E-state index contributed by atoms with van der Waals surface area (Å²) < 4.78 is 27.7. The second-order valence-electron chi connectivity index (χ2n) is 7.82. The van der Waals surface area contributed by atoms with E-state index in [-0.39, 0.29) is 24.2 Å². The first kappa shape index (κ1) is 21.5. The molecule has 0 amide bonds. The summed E-state index contributed by atoms with van der Waals surface area (Å²) in [5.74, 6) is -0.0714. The molecule has 162 valence electrons. The average Bonchev–Trinajstić information content (AvgIpc) is 2.76. The Hall–Kier alpha value is -2.77. The van der Waals surface area contributed by atoms with E-state index in [1.165, 1.54) is 18.2 Å². The predicted octanol–water partition coefficient (Wildman–Crippen LogP) is 5.37. The first-order valence-corrected chi connectivity index (χ1v) is 10.7. The third-order valence-electron chi connectivity index (χ3n) is 5.45. The van der Waals surface area contributed by atoms with Gasteiger partial charge in [0.05, 0.1) is 10.7 Å². The van der Waals surface area contributed by atoms with Crippen LogP contribution in [0.15, 0.2) is 48.7 Å². The Balaban J connectivity index is 1.52. The molecule has 31 heavy (non-hydrogen) atoms. The van der Waals surface area contributed by atoms with Gasteiger partial charge in [0.2, 0.25) is 0 Å². The van der Waals surface area contributed by atoms with Crippen molar-refractivity contribution in [2.75, 3.05) is 10.6 Å². The number of rotatable bonds is 6. The quantitative estimate of drug-likeness (QED) is 0.477. The van der Waals surface area contributed by atoms with E-state index in [2.05, 4.69) is 20.6 Å². The Bertz CT molecular complexity index is 1050. The van der Waals surface area contributed by atoms with E-state index in [9.17, 15) is 8.78 Å². The highest BCUT2D eigenvalue weighted by atomic mass is 35.5. The monoisotopic (exact) mass is 443 g/mol. The normalized spacial score (nSPS) is 18.6. The van der Waals surface area contributed by atoms with Crippen molar-refractivity contribution in [1.29, 1.82) is 0 Å². The van der Waals surface area contributed by atoms with Crippen LogP contribution in [0.3, 0.4) is 0 Å². The summed E-state index contributed by atoms with van der Waals surface area (Å²) in [4.78, 5) is 8.78. The molecule has 1 saturated carbocycles. The van der Waals surface area contributed by atoms with Crippen molar-refractivity contribution in [3.8, 4) is 11.3 Å². The maximum absolute atomic E-state index is 14.3. The summed E-state index contributed by atoms with van der Waals surface area (Å²) in [5.41, 5.74) is 7.84. The molecule has 0 bridgehead atoms. The lowest BCUT2D eigenvalue weighted by atomic mass is 9.92. The highest BCUT2D eigenvalue weighted by Gasteiger charge is 2.19. The van der Waals surface area contributed by atoms with E-state index < -0.39 is 5.82 Å². The molecule has 0 aliphatic heterocycles. The third kappa shape index (κ3) is 5.48. The average molecular weight is 444 g/mol. The molecule has 2 heterocycles. The summed E-state index contributed by atoms with van der Waals surface area (Å²) in [7, 11) is 0. The molecule has 3 aromatic rings. The maximum Gasteiger partial charge on any atom is 0.165 e. The van der Waals surface area contributed by atoms with Crippen LogP contribution in [-0.4, -0.2) is 22.1 Å². The fraction of sp³-hybridized carbons (Fsp3) is 0.304. The molecule has 0 radical (unpaired) electrons. The fourth-order valence-corrected chi connectivity index (χ4v) is 3.94. The molecule has 2 aromatic heterocycles. The van der Waals surface area contributed by atoms with Gasteiger partial charge in [-0.1, -0.05) is 23.7 Å². The van der Waals surface area contributed by atoms with E-state index in [4.69, 9.17) is 17.3 Å². The van der Waals surface area contributed by atoms with Crippen molar-refractivity contribution in [3.63, 3.8) is 0 Å². The zero-order chi connectivity index (χ0) is 21.8. The Morgan fingerprint density at radius 2 is 1.87 bits per heavy atom. The van der Waals surface area contributed by atoms with Gasteiger partial charge in [0, 0.05) is 30.4 Å². The van der Waals surface area contributed by atoms with Crippen LogP contribution < -0.4 is 16.4 Å². The number of anilines is 2. The highest BCUT2D eigenvalue weighted by molar-refractivity contribution is 6.33. The second kappa shape index (κ2) is 9.58. The Kier molecular flexibility index (Phi) is 6.63. The third-order valence-corrected chi connectivity index (χ3v) is 5.75. The van der Waals surface area contributed by atoms with Crippen molar-refractivity contribution in [2.45, 2.75) is 44.3 Å². The van der Waals surface area contributed by atoms with Gasteiger partial charge in [-0.25, -0.2) is 18.7 Å². The Labute approximate surface area is 185 Å². The number of hydrogen-bond donors (Lipinski definition) is 3. The molecule has 8 heteroatoms. The first-order valence-electron chi connectivity index (χ1n) is 10.3. The number of nitrogens with one attached hydrogen (secondary N) is 2. The van der Waals surface area contributed by atoms with Gasteiger partial charge in [0.25, 0.3) is 0 Å². The maximum atomic E-state index is 14.3. The summed E-state index contributed by atoms with van der Waals surface area (Å²) in [6.07, 6.45) is 5.52. The van der Waals surface area contributed by atoms with E-state index in [1.807, 2.05) is 6.07 Å². The van der Waals surface area contributed by atoms with Crippen LogP contribution in [0.1, 0.15) is 31.2 Å². The van der Waals surface area contributed by atoms with Gasteiger partial charge in [0.15, 0.2) is 11.6 Å². The molecule has 5 nitrogen and oxygen atoms in total. The van der Waals surface area contributed by atoms with Gasteiger partial charge < -0.3 is 16.4 Å². The van der Waals surface area contributed by atoms with Crippen LogP contribution in [0.25, 0.3) is 11.3 Å². The molecule has 0 unspecified atom stereocenters. The zero-order valence-electron chi connectivity index (χ0n) is 16.9. The number of hydrogen-bond acceptors (Lipinski definition) is 5. The van der Waals surface area contributed by atoms with Crippen LogP contribution in [0.5, 0.6) is 0 Å². The smallest absolute Gasteiger partial charge is 0.165 e. The standard InChI is InChI=1S/C23H24ClF2N5/c24-19-13-28-22(30-17-6-4-16(27)5-7-17)11-18(19)21-9-8-20(26)23(31-21)29-12-14-2-1-3-15(25)10-14/h1-3,8-11,13,16-17H,4-7,12,27H2,(H,28,30)(H,29,31)/t16-,17-. The number of pyridine rings is 2. The van der Waals surface area contributed by atoms with E-state index in [0.29, 0.717) is 33.7 Å². The summed E-state index contributed by atoms with van der Waals surface area (Å²) in [6, 6.07) is 11.4. The lowest BCUT2D eigenvalue weighted by Crippen LogP contribution is -2.33. The summed E-state index contributed by atoms with van der Waals surface area (Å²) >= 11 is 6.37. The molecule has 4 rings (SSSR count). The van der Waals surface area contributed by atoms with Crippen molar-refractivity contribution in [1.82, 2.24) is 9.97 Å². The Morgan fingerprint density at radius 1 is 1.06 bits per heavy atom. The molecular formula is C23H24ClF2N5. The van der Waals surface area contributed by atoms with Crippen LogP contribution >= 0.6 is 11.6 Å². The van der Waals surface area contributed by atoms with Gasteiger partial charge in [-0.2, -0.15) is 0 Å². The second-order valence-corrected chi connectivity index (χ2v) is 8.22. The molecule has 0 spiro atoms. The van der Waals surface area contributed by atoms with Crippen LogP contribution in [0, 0.1) is 11.6 Å². The van der Waals surface area contributed by atoms with Crippen molar-refractivity contribution >= 4 is 23.2 Å². The van der Waals surface area contributed by atoms with Crippen LogP contribution in [0.2, 0.25) is 5.02 Å². The van der Waals surface area contributed by atoms with Crippen LogP contribution in [0.4, 0.5) is 20.4 Å². The lowest BCUT2D eigenvalue weighted by molar-refractivity contribution is 0.410. The van der Waals surface area contributed by atoms with Crippen molar-refractivity contribution in [2.24, 2.45) is 5.73 Å². The first-order chi connectivity index (χ1) is 15.0.